The summed E-state index contributed by atoms with van der Waals surface area (Å²) in [6, 6.07) is 5.43. The molecule has 0 spiro atoms. The minimum atomic E-state index is -0.739. The van der Waals surface area contributed by atoms with Crippen molar-refractivity contribution in [2.75, 3.05) is 6.54 Å². The van der Waals surface area contributed by atoms with Crippen LogP contribution in [-0.4, -0.2) is 40.5 Å². The van der Waals surface area contributed by atoms with Crippen LogP contribution in [-0.2, 0) is 20.8 Å². The molecule has 0 bridgehead atoms. The van der Waals surface area contributed by atoms with Crippen LogP contribution in [0.15, 0.2) is 24.4 Å². The van der Waals surface area contributed by atoms with E-state index in [-0.39, 0.29) is 18.2 Å². The van der Waals surface area contributed by atoms with Crippen molar-refractivity contribution in [1.82, 2.24) is 15.6 Å². The Kier molecular flexibility index (Phi) is 22.5. The summed E-state index contributed by atoms with van der Waals surface area (Å²) in [6.45, 7) is 7.02. The van der Waals surface area contributed by atoms with Gasteiger partial charge in [0.05, 0.1) is 0 Å². The lowest BCUT2D eigenvalue weighted by molar-refractivity contribution is -0.137. The lowest BCUT2D eigenvalue weighted by Gasteiger charge is -2.20. The van der Waals surface area contributed by atoms with Crippen molar-refractivity contribution in [3.05, 3.63) is 30.1 Å². The van der Waals surface area contributed by atoms with Crippen LogP contribution in [0.5, 0.6) is 0 Å². The highest BCUT2D eigenvalue weighted by Crippen LogP contribution is 2.21. The molecular formula is C35H61N3O4. The van der Waals surface area contributed by atoms with Crippen molar-refractivity contribution in [1.29, 1.82) is 0 Å². The summed E-state index contributed by atoms with van der Waals surface area (Å²) in [7, 11) is 0. The van der Waals surface area contributed by atoms with Crippen LogP contribution in [0.3, 0.4) is 0 Å². The Labute approximate surface area is 256 Å². The van der Waals surface area contributed by atoms with Gasteiger partial charge in [-0.15, -0.1) is 0 Å². The minimum absolute atomic E-state index is 0.0107. The molecule has 2 amide bonds. The third kappa shape index (κ3) is 21.3. The lowest BCUT2D eigenvalue weighted by Crippen LogP contribution is -2.47. The molecule has 240 valence electrons. The predicted molar refractivity (Wildman–Crippen MR) is 172 cm³/mol. The molecule has 3 N–H and O–H groups in total. The number of hydrogen-bond acceptors (Lipinski definition) is 4. The molecule has 0 saturated carbocycles. The van der Waals surface area contributed by atoms with E-state index < -0.39 is 12.0 Å². The number of carboxylic acid groups (broad SMARTS) is 1. The number of aliphatic carboxylic acids is 1. The number of hydrogen-bond donors (Lipinski definition) is 3. The van der Waals surface area contributed by atoms with Gasteiger partial charge in [-0.05, 0) is 56.1 Å². The second kappa shape index (κ2) is 25.1. The molecular weight excluding hydrogens is 526 g/mol. The summed E-state index contributed by atoms with van der Waals surface area (Å²) in [5.74, 6) is -0.157. The first-order chi connectivity index (χ1) is 20.3. The van der Waals surface area contributed by atoms with Gasteiger partial charge < -0.3 is 15.7 Å². The van der Waals surface area contributed by atoms with E-state index >= 15 is 0 Å². The number of amides is 2. The Hall–Kier alpha value is -2.44. The molecule has 1 rings (SSSR count). The summed E-state index contributed by atoms with van der Waals surface area (Å²) in [4.78, 5) is 40.8. The maximum Gasteiger partial charge on any atom is 0.303 e. The number of aromatic nitrogens is 1. The van der Waals surface area contributed by atoms with Gasteiger partial charge in [-0.1, -0.05) is 110 Å². The van der Waals surface area contributed by atoms with Crippen LogP contribution in [0, 0.1) is 11.8 Å². The third-order valence-corrected chi connectivity index (χ3v) is 7.94. The number of rotatable bonds is 27. The predicted octanol–water partition coefficient (Wildman–Crippen LogP) is 8.01. The number of carboxylic acids is 1. The van der Waals surface area contributed by atoms with E-state index in [0.29, 0.717) is 37.6 Å². The molecule has 0 saturated heterocycles. The highest BCUT2D eigenvalue weighted by atomic mass is 16.4. The Morgan fingerprint density at radius 2 is 1.45 bits per heavy atom. The molecule has 1 heterocycles. The van der Waals surface area contributed by atoms with Gasteiger partial charge in [0.2, 0.25) is 11.8 Å². The normalized spacial score (nSPS) is 12.7. The topological polar surface area (TPSA) is 108 Å². The van der Waals surface area contributed by atoms with Crippen molar-refractivity contribution in [2.24, 2.45) is 11.8 Å². The summed E-state index contributed by atoms with van der Waals surface area (Å²) < 4.78 is 0. The first-order valence-corrected chi connectivity index (χ1v) is 17.0. The molecule has 42 heavy (non-hydrogen) atoms. The molecule has 0 aliphatic rings. The number of nitrogens with one attached hydrogen (secondary N) is 2. The molecule has 1 aromatic rings. The Balaban J connectivity index is 2.22. The van der Waals surface area contributed by atoms with Crippen LogP contribution < -0.4 is 10.6 Å². The van der Waals surface area contributed by atoms with Gasteiger partial charge in [0.1, 0.15) is 6.04 Å². The Bertz CT molecular complexity index is 831. The molecule has 0 aliphatic heterocycles. The quantitative estimate of drug-likeness (QED) is 0.0904. The highest BCUT2D eigenvalue weighted by molar-refractivity contribution is 5.87. The van der Waals surface area contributed by atoms with Crippen molar-refractivity contribution in [3.8, 4) is 0 Å². The second-order valence-corrected chi connectivity index (χ2v) is 12.5. The number of carbonyl (C=O) groups is 3. The van der Waals surface area contributed by atoms with Gasteiger partial charge in [-0.3, -0.25) is 19.4 Å². The molecule has 0 fully saturated rings. The van der Waals surface area contributed by atoms with E-state index in [9.17, 15) is 14.4 Å². The van der Waals surface area contributed by atoms with Gasteiger partial charge in [0.25, 0.3) is 0 Å². The van der Waals surface area contributed by atoms with E-state index in [2.05, 4.69) is 36.4 Å². The molecule has 7 nitrogen and oxygen atoms in total. The van der Waals surface area contributed by atoms with E-state index in [1.54, 1.807) is 6.20 Å². The fourth-order valence-corrected chi connectivity index (χ4v) is 5.48. The zero-order valence-corrected chi connectivity index (χ0v) is 27.0. The zero-order valence-electron chi connectivity index (χ0n) is 27.0. The minimum Gasteiger partial charge on any atom is -0.481 e. The number of pyridine rings is 1. The van der Waals surface area contributed by atoms with E-state index in [0.717, 1.165) is 63.5 Å². The van der Waals surface area contributed by atoms with Gasteiger partial charge >= 0.3 is 5.97 Å². The molecule has 0 aliphatic carbocycles. The van der Waals surface area contributed by atoms with Crippen molar-refractivity contribution < 1.29 is 19.5 Å². The first-order valence-electron chi connectivity index (χ1n) is 17.0. The van der Waals surface area contributed by atoms with Gasteiger partial charge in [-0.25, -0.2) is 0 Å². The number of carbonyl (C=O) groups excluding carboxylic acids is 2. The molecule has 0 aromatic carbocycles. The SMILES string of the molecule is CCCCCCCCCCCC(=O)N[C@@H](CC(C)C)C(=O)NCCCCCCCC(CCC(=O)O)Cc1ccccn1. The van der Waals surface area contributed by atoms with Crippen molar-refractivity contribution >= 4 is 17.8 Å². The van der Waals surface area contributed by atoms with Crippen molar-refractivity contribution in [3.63, 3.8) is 0 Å². The monoisotopic (exact) mass is 587 g/mol. The number of nitrogens with zero attached hydrogens (tertiary/aromatic N) is 1. The van der Waals surface area contributed by atoms with Gasteiger partial charge in [0, 0.05) is 31.3 Å². The Morgan fingerprint density at radius 3 is 2.07 bits per heavy atom. The van der Waals surface area contributed by atoms with Crippen LogP contribution >= 0.6 is 0 Å². The number of unbranched alkanes of at least 4 members (excludes halogenated alkanes) is 12. The van der Waals surface area contributed by atoms with E-state index in [4.69, 9.17) is 5.11 Å². The maximum absolute atomic E-state index is 12.8. The summed E-state index contributed by atoms with van der Waals surface area (Å²) >= 11 is 0. The fourth-order valence-electron chi connectivity index (χ4n) is 5.48. The lowest BCUT2D eigenvalue weighted by atomic mass is 9.91. The van der Waals surface area contributed by atoms with Gasteiger partial charge in [-0.2, -0.15) is 0 Å². The fraction of sp³-hybridized carbons (Fsp3) is 0.771. The molecule has 1 aromatic heterocycles. The van der Waals surface area contributed by atoms with Crippen LogP contribution in [0.1, 0.15) is 148 Å². The highest BCUT2D eigenvalue weighted by Gasteiger charge is 2.21. The Morgan fingerprint density at radius 1 is 0.810 bits per heavy atom. The van der Waals surface area contributed by atoms with E-state index in [1.165, 1.54) is 44.9 Å². The van der Waals surface area contributed by atoms with E-state index in [1.807, 2.05) is 18.2 Å². The van der Waals surface area contributed by atoms with Crippen LogP contribution in [0.2, 0.25) is 0 Å². The zero-order chi connectivity index (χ0) is 30.8. The standard InChI is InChI=1S/C35H61N3O4/c1-4-5-6-7-8-9-10-13-16-22-33(39)38-32(27-29(2)3)35(42)37-26-18-14-11-12-15-20-30(23-24-34(40)41)28-31-21-17-19-25-36-31/h17,19,21,25,29-30,32H,4-16,18,20,22-24,26-28H2,1-3H3,(H,37,42)(H,38,39)(H,40,41)/t30?,32-/m0/s1. The van der Waals surface area contributed by atoms with Gasteiger partial charge in [0.15, 0.2) is 0 Å². The third-order valence-electron chi connectivity index (χ3n) is 7.94. The smallest absolute Gasteiger partial charge is 0.303 e. The molecule has 2 atom stereocenters. The molecule has 0 radical (unpaired) electrons. The van der Waals surface area contributed by atoms with Crippen LogP contribution in [0.25, 0.3) is 0 Å². The average molecular weight is 588 g/mol. The second-order valence-electron chi connectivity index (χ2n) is 12.5. The summed E-state index contributed by atoms with van der Waals surface area (Å²) in [6.07, 6.45) is 21.9. The van der Waals surface area contributed by atoms with Crippen molar-refractivity contribution in [2.45, 2.75) is 155 Å². The average Bonchev–Trinajstić information content (AvgIpc) is 2.96. The maximum atomic E-state index is 12.8. The van der Waals surface area contributed by atoms with Crippen LogP contribution in [0.4, 0.5) is 0 Å². The summed E-state index contributed by atoms with van der Waals surface area (Å²) in [5.41, 5.74) is 1.03. The molecule has 7 heteroatoms. The first kappa shape index (κ1) is 37.6. The summed E-state index contributed by atoms with van der Waals surface area (Å²) in [5, 5.41) is 15.1. The molecule has 1 unspecified atom stereocenters. The largest absolute Gasteiger partial charge is 0.481 e.